The molecule has 0 unspecified atom stereocenters. The van der Waals surface area contributed by atoms with Gasteiger partial charge in [0.25, 0.3) is 5.91 Å². The number of hydrogen-bond donors (Lipinski definition) is 2. The van der Waals surface area contributed by atoms with E-state index in [-0.39, 0.29) is 5.91 Å². The molecule has 0 spiro atoms. The van der Waals surface area contributed by atoms with Crippen LogP contribution in [0.4, 0.5) is 5.69 Å². The highest BCUT2D eigenvalue weighted by atomic mass is 79.9. The zero-order valence-corrected chi connectivity index (χ0v) is 13.1. The Morgan fingerprint density at radius 3 is 2.70 bits per heavy atom. The van der Waals surface area contributed by atoms with Crippen molar-refractivity contribution in [1.82, 2.24) is 5.32 Å². The van der Waals surface area contributed by atoms with Gasteiger partial charge >= 0.3 is 0 Å². The van der Waals surface area contributed by atoms with Crippen LogP contribution in [0, 0.1) is 6.92 Å². The molecule has 1 amide bonds. The van der Waals surface area contributed by atoms with Crippen molar-refractivity contribution in [2.24, 2.45) is 0 Å². The second-order valence-corrected chi connectivity index (χ2v) is 5.53. The van der Waals surface area contributed by atoms with Gasteiger partial charge in [-0.05, 0) is 36.8 Å². The Balaban J connectivity index is 2.10. The van der Waals surface area contributed by atoms with Crippen molar-refractivity contribution < 1.29 is 4.79 Å². The molecule has 2 aromatic rings. The van der Waals surface area contributed by atoms with Crippen LogP contribution in [0.3, 0.4) is 0 Å². The molecule has 0 aromatic heterocycles. The summed E-state index contributed by atoms with van der Waals surface area (Å²) in [5.74, 6) is -0.0713. The van der Waals surface area contributed by atoms with Crippen LogP contribution in [0.2, 0.25) is 0 Å². The maximum Gasteiger partial charge on any atom is 0.253 e. The van der Waals surface area contributed by atoms with Gasteiger partial charge in [-0.3, -0.25) is 4.79 Å². The fraction of sp³-hybridized carbons (Fsp3) is 0.188. The van der Waals surface area contributed by atoms with Crippen molar-refractivity contribution in [2.75, 3.05) is 12.4 Å². The number of nitrogens with one attached hydrogen (secondary N) is 2. The molecule has 0 radical (unpaired) electrons. The van der Waals surface area contributed by atoms with E-state index >= 15 is 0 Å². The summed E-state index contributed by atoms with van der Waals surface area (Å²) in [6, 6.07) is 13.7. The minimum absolute atomic E-state index is 0.0713. The van der Waals surface area contributed by atoms with E-state index in [1.54, 1.807) is 0 Å². The maximum atomic E-state index is 12.3. The molecule has 3 nitrogen and oxygen atoms in total. The quantitative estimate of drug-likeness (QED) is 0.895. The molecular formula is C16H17BrN2O. The number of carbonyl (C=O) groups excluding carboxylic acids is 1. The molecule has 0 heterocycles. The van der Waals surface area contributed by atoms with Crippen molar-refractivity contribution in [3.8, 4) is 0 Å². The number of hydrogen-bond acceptors (Lipinski definition) is 2. The molecule has 0 saturated heterocycles. The second kappa shape index (κ2) is 6.57. The summed E-state index contributed by atoms with van der Waals surface area (Å²) >= 11 is 3.42. The van der Waals surface area contributed by atoms with Gasteiger partial charge in [0.05, 0.1) is 5.56 Å². The third-order valence-electron chi connectivity index (χ3n) is 3.03. The summed E-state index contributed by atoms with van der Waals surface area (Å²) in [4.78, 5) is 12.3. The summed E-state index contributed by atoms with van der Waals surface area (Å²) < 4.78 is 1.01. The van der Waals surface area contributed by atoms with Crippen LogP contribution in [0.25, 0.3) is 0 Å². The van der Waals surface area contributed by atoms with E-state index < -0.39 is 0 Å². The lowest BCUT2D eigenvalue weighted by Gasteiger charge is -2.11. The SMILES string of the molecule is CNc1ccc(C)cc1C(=O)NCc1cccc(Br)c1. The van der Waals surface area contributed by atoms with Crippen molar-refractivity contribution >= 4 is 27.5 Å². The number of rotatable bonds is 4. The molecule has 0 aliphatic carbocycles. The molecule has 2 rings (SSSR count). The topological polar surface area (TPSA) is 41.1 Å². The molecule has 0 aliphatic rings. The highest BCUT2D eigenvalue weighted by Gasteiger charge is 2.10. The zero-order valence-electron chi connectivity index (χ0n) is 11.5. The van der Waals surface area contributed by atoms with Gasteiger partial charge in [-0.2, -0.15) is 0 Å². The summed E-state index contributed by atoms with van der Waals surface area (Å²) in [7, 11) is 1.82. The number of aryl methyl sites for hydroxylation is 1. The van der Waals surface area contributed by atoms with Crippen molar-refractivity contribution in [3.63, 3.8) is 0 Å². The molecule has 2 aromatic carbocycles. The van der Waals surface area contributed by atoms with E-state index in [2.05, 4.69) is 26.6 Å². The lowest BCUT2D eigenvalue weighted by atomic mass is 10.1. The van der Waals surface area contributed by atoms with Crippen LogP contribution < -0.4 is 10.6 Å². The molecule has 20 heavy (non-hydrogen) atoms. The molecule has 0 atom stereocenters. The number of benzene rings is 2. The number of halogens is 1. The predicted octanol–water partition coefficient (Wildman–Crippen LogP) is 3.73. The van der Waals surface area contributed by atoms with Gasteiger partial charge in [0.2, 0.25) is 0 Å². The van der Waals surface area contributed by atoms with E-state index in [9.17, 15) is 4.79 Å². The first-order valence-electron chi connectivity index (χ1n) is 6.41. The van der Waals surface area contributed by atoms with Crippen LogP contribution >= 0.6 is 15.9 Å². The van der Waals surface area contributed by atoms with Crippen LogP contribution in [0.5, 0.6) is 0 Å². The van der Waals surface area contributed by atoms with Gasteiger partial charge in [-0.1, -0.05) is 39.7 Å². The predicted molar refractivity (Wildman–Crippen MR) is 86.0 cm³/mol. The largest absolute Gasteiger partial charge is 0.387 e. The van der Waals surface area contributed by atoms with Crippen LogP contribution in [0.15, 0.2) is 46.9 Å². The number of anilines is 1. The minimum Gasteiger partial charge on any atom is -0.387 e. The van der Waals surface area contributed by atoms with Crippen molar-refractivity contribution in [2.45, 2.75) is 13.5 Å². The van der Waals surface area contributed by atoms with Crippen LogP contribution in [-0.4, -0.2) is 13.0 Å². The molecule has 0 bridgehead atoms. The Kier molecular flexibility index (Phi) is 4.79. The van der Waals surface area contributed by atoms with E-state index in [4.69, 9.17) is 0 Å². The van der Waals surface area contributed by atoms with E-state index in [1.807, 2.05) is 56.4 Å². The molecule has 2 N–H and O–H groups in total. The highest BCUT2D eigenvalue weighted by Crippen LogP contribution is 2.17. The van der Waals surface area contributed by atoms with Gasteiger partial charge in [0.15, 0.2) is 0 Å². The van der Waals surface area contributed by atoms with E-state index in [0.29, 0.717) is 12.1 Å². The first kappa shape index (κ1) is 14.6. The van der Waals surface area contributed by atoms with Crippen molar-refractivity contribution in [1.29, 1.82) is 0 Å². The molecule has 0 saturated carbocycles. The monoisotopic (exact) mass is 332 g/mol. The lowest BCUT2D eigenvalue weighted by molar-refractivity contribution is 0.0951. The third kappa shape index (κ3) is 3.61. The first-order valence-corrected chi connectivity index (χ1v) is 7.20. The van der Waals surface area contributed by atoms with E-state index in [1.165, 1.54) is 0 Å². The Labute approximate surface area is 127 Å². The number of amides is 1. The average molecular weight is 333 g/mol. The number of carbonyl (C=O) groups is 1. The lowest BCUT2D eigenvalue weighted by Crippen LogP contribution is -2.23. The summed E-state index contributed by atoms with van der Waals surface area (Å²) in [5.41, 5.74) is 3.63. The van der Waals surface area contributed by atoms with Gasteiger partial charge in [-0.25, -0.2) is 0 Å². The van der Waals surface area contributed by atoms with Crippen molar-refractivity contribution in [3.05, 3.63) is 63.6 Å². The van der Waals surface area contributed by atoms with E-state index in [0.717, 1.165) is 21.3 Å². The summed E-state index contributed by atoms with van der Waals surface area (Å²) in [6.45, 7) is 2.49. The van der Waals surface area contributed by atoms with Crippen LogP contribution in [0.1, 0.15) is 21.5 Å². The molecule has 104 valence electrons. The Morgan fingerprint density at radius 1 is 1.20 bits per heavy atom. The fourth-order valence-corrected chi connectivity index (χ4v) is 2.44. The standard InChI is InChI=1S/C16H17BrN2O/c1-11-6-7-15(18-2)14(8-11)16(20)19-10-12-4-3-5-13(17)9-12/h3-9,18H,10H2,1-2H3,(H,19,20). The summed E-state index contributed by atoms with van der Waals surface area (Å²) in [6.07, 6.45) is 0. The molecular weight excluding hydrogens is 316 g/mol. The maximum absolute atomic E-state index is 12.3. The fourth-order valence-electron chi connectivity index (χ4n) is 1.99. The normalized spacial score (nSPS) is 10.2. The Hall–Kier alpha value is -1.81. The third-order valence-corrected chi connectivity index (χ3v) is 3.52. The van der Waals surface area contributed by atoms with Gasteiger partial charge in [0.1, 0.15) is 0 Å². The van der Waals surface area contributed by atoms with Gasteiger partial charge < -0.3 is 10.6 Å². The highest BCUT2D eigenvalue weighted by molar-refractivity contribution is 9.10. The summed E-state index contributed by atoms with van der Waals surface area (Å²) in [5, 5.41) is 5.99. The molecule has 0 fully saturated rings. The minimum atomic E-state index is -0.0713. The molecule has 0 aliphatic heterocycles. The van der Waals surface area contributed by atoms with Gasteiger partial charge in [0, 0.05) is 23.8 Å². The molecule has 4 heteroatoms. The zero-order chi connectivity index (χ0) is 14.5. The smallest absolute Gasteiger partial charge is 0.253 e. The van der Waals surface area contributed by atoms with Gasteiger partial charge in [-0.15, -0.1) is 0 Å². The Morgan fingerprint density at radius 2 is 2.00 bits per heavy atom. The van der Waals surface area contributed by atoms with Crippen LogP contribution in [-0.2, 0) is 6.54 Å². The second-order valence-electron chi connectivity index (χ2n) is 4.61. The first-order chi connectivity index (χ1) is 9.60. The Bertz CT molecular complexity index is 626. The average Bonchev–Trinajstić information content (AvgIpc) is 2.45.